The van der Waals surface area contributed by atoms with Gasteiger partial charge in [0, 0.05) is 6.61 Å². The van der Waals surface area contributed by atoms with Crippen LogP contribution in [0.15, 0.2) is 24.3 Å². The minimum atomic E-state index is -0.773. The average Bonchev–Trinajstić information content (AvgIpc) is 2.54. The second kappa shape index (κ2) is 17.3. The summed E-state index contributed by atoms with van der Waals surface area (Å²) in [6.45, 7) is 2.20. The second-order valence-electron chi connectivity index (χ2n) is 6.21. The Balaban J connectivity index is 3.41. The summed E-state index contributed by atoms with van der Waals surface area (Å²) < 4.78 is 0. The summed E-state index contributed by atoms with van der Waals surface area (Å²) in [5.74, 6) is -1.14. The van der Waals surface area contributed by atoms with E-state index in [-0.39, 0.29) is 12.5 Å². The average molecular weight is 325 g/mol. The Hall–Kier alpha value is -1.09. The number of carboxylic acids is 1. The number of hydrogen-bond donors (Lipinski definition) is 2. The topological polar surface area (TPSA) is 57.5 Å². The van der Waals surface area contributed by atoms with Crippen molar-refractivity contribution in [3.63, 3.8) is 0 Å². The molecule has 0 aliphatic carbocycles. The SMILES string of the molecule is CCCCCC=CCC=CCCCCCCC(CCO)C(=O)O. The molecule has 23 heavy (non-hydrogen) atoms. The predicted octanol–water partition coefficient (Wildman–Crippen LogP) is 5.49. The summed E-state index contributed by atoms with van der Waals surface area (Å²) in [5.41, 5.74) is 0. The van der Waals surface area contributed by atoms with Crippen molar-refractivity contribution >= 4 is 5.97 Å². The van der Waals surface area contributed by atoms with Crippen LogP contribution in [0.2, 0.25) is 0 Å². The molecule has 0 aromatic rings. The van der Waals surface area contributed by atoms with Crippen LogP contribution in [0.25, 0.3) is 0 Å². The molecule has 2 N–H and O–H groups in total. The van der Waals surface area contributed by atoms with Crippen molar-refractivity contribution in [2.24, 2.45) is 5.92 Å². The van der Waals surface area contributed by atoms with Gasteiger partial charge in [-0.25, -0.2) is 0 Å². The van der Waals surface area contributed by atoms with Crippen molar-refractivity contribution in [1.29, 1.82) is 0 Å². The Morgan fingerprint density at radius 1 is 0.870 bits per heavy atom. The van der Waals surface area contributed by atoms with Crippen molar-refractivity contribution in [3.05, 3.63) is 24.3 Å². The van der Waals surface area contributed by atoms with Gasteiger partial charge in [-0.3, -0.25) is 4.79 Å². The van der Waals surface area contributed by atoms with Gasteiger partial charge in [0.25, 0.3) is 0 Å². The number of aliphatic hydroxyl groups is 1. The molecule has 3 heteroatoms. The Kier molecular flexibility index (Phi) is 16.4. The fourth-order valence-corrected chi connectivity index (χ4v) is 2.57. The molecule has 0 aliphatic heterocycles. The number of carbonyl (C=O) groups is 1. The van der Waals surface area contributed by atoms with Gasteiger partial charge in [-0.2, -0.15) is 0 Å². The lowest BCUT2D eigenvalue weighted by Gasteiger charge is -2.09. The summed E-state index contributed by atoms with van der Waals surface area (Å²) in [6.07, 6.45) is 21.7. The highest BCUT2D eigenvalue weighted by molar-refractivity contribution is 5.69. The number of hydrogen-bond acceptors (Lipinski definition) is 2. The van der Waals surface area contributed by atoms with Gasteiger partial charge in [-0.15, -0.1) is 0 Å². The molecule has 0 bridgehead atoms. The van der Waals surface area contributed by atoms with Crippen LogP contribution in [0.1, 0.15) is 84.0 Å². The van der Waals surface area contributed by atoms with Gasteiger partial charge in [0.15, 0.2) is 0 Å². The van der Waals surface area contributed by atoms with E-state index in [1.165, 1.54) is 32.1 Å². The quantitative estimate of drug-likeness (QED) is 0.291. The van der Waals surface area contributed by atoms with Crippen molar-refractivity contribution in [3.8, 4) is 0 Å². The van der Waals surface area contributed by atoms with E-state index in [2.05, 4.69) is 31.2 Å². The fraction of sp³-hybridized carbons (Fsp3) is 0.750. The molecule has 0 heterocycles. The van der Waals surface area contributed by atoms with E-state index in [1.54, 1.807) is 0 Å². The lowest BCUT2D eigenvalue weighted by Crippen LogP contribution is -2.15. The normalized spacial score (nSPS) is 13.1. The smallest absolute Gasteiger partial charge is 0.306 e. The number of rotatable bonds is 16. The predicted molar refractivity (Wildman–Crippen MR) is 97.6 cm³/mol. The Morgan fingerprint density at radius 3 is 2.04 bits per heavy atom. The number of aliphatic carboxylic acids is 1. The molecule has 1 unspecified atom stereocenters. The highest BCUT2D eigenvalue weighted by Crippen LogP contribution is 2.15. The standard InChI is InChI=1S/C20H36O3/c1-2-3-4-5-6-7-8-9-10-11-12-13-14-15-16-19(17-18-21)20(22)23/h6-7,9-10,19,21H,2-5,8,11-18H2,1H3,(H,22,23). The Bertz CT molecular complexity index is 321. The monoisotopic (exact) mass is 324 g/mol. The molecule has 0 saturated heterocycles. The van der Waals surface area contributed by atoms with Crippen LogP contribution >= 0.6 is 0 Å². The molecule has 0 aromatic heterocycles. The van der Waals surface area contributed by atoms with E-state index in [0.29, 0.717) is 12.8 Å². The summed E-state index contributed by atoms with van der Waals surface area (Å²) in [7, 11) is 0. The molecule has 3 nitrogen and oxygen atoms in total. The summed E-state index contributed by atoms with van der Waals surface area (Å²) in [4.78, 5) is 10.9. The number of unbranched alkanes of at least 4 members (excludes halogenated alkanes) is 7. The highest BCUT2D eigenvalue weighted by atomic mass is 16.4. The van der Waals surface area contributed by atoms with Gasteiger partial charge < -0.3 is 10.2 Å². The fourth-order valence-electron chi connectivity index (χ4n) is 2.57. The van der Waals surface area contributed by atoms with Crippen LogP contribution in [-0.2, 0) is 4.79 Å². The molecular weight excluding hydrogens is 288 g/mol. The molecule has 1 atom stereocenters. The number of carboxylic acid groups (broad SMARTS) is 1. The zero-order valence-electron chi connectivity index (χ0n) is 14.9. The molecular formula is C20H36O3. The molecule has 134 valence electrons. The Labute approximate surface area is 142 Å². The lowest BCUT2D eigenvalue weighted by molar-refractivity contribution is -0.142. The van der Waals surface area contributed by atoms with Gasteiger partial charge >= 0.3 is 5.97 Å². The minimum Gasteiger partial charge on any atom is -0.481 e. The number of aliphatic hydroxyl groups excluding tert-OH is 1. The van der Waals surface area contributed by atoms with Crippen LogP contribution in [0, 0.1) is 5.92 Å². The van der Waals surface area contributed by atoms with E-state index in [9.17, 15) is 4.79 Å². The summed E-state index contributed by atoms with van der Waals surface area (Å²) in [5, 5.41) is 17.8. The van der Waals surface area contributed by atoms with Crippen molar-refractivity contribution in [2.75, 3.05) is 6.61 Å². The van der Waals surface area contributed by atoms with E-state index in [4.69, 9.17) is 10.2 Å². The van der Waals surface area contributed by atoms with Gasteiger partial charge in [0.2, 0.25) is 0 Å². The van der Waals surface area contributed by atoms with Gasteiger partial charge in [0.1, 0.15) is 0 Å². The third-order valence-corrected chi connectivity index (χ3v) is 4.08. The molecule has 0 fully saturated rings. The van der Waals surface area contributed by atoms with E-state index >= 15 is 0 Å². The van der Waals surface area contributed by atoms with Crippen LogP contribution in [0.5, 0.6) is 0 Å². The maximum Gasteiger partial charge on any atom is 0.306 e. The van der Waals surface area contributed by atoms with E-state index < -0.39 is 5.97 Å². The van der Waals surface area contributed by atoms with Crippen molar-refractivity contribution < 1.29 is 15.0 Å². The van der Waals surface area contributed by atoms with Gasteiger partial charge in [0.05, 0.1) is 5.92 Å². The molecule has 0 aromatic carbocycles. The third-order valence-electron chi connectivity index (χ3n) is 4.08. The maximum absolute atomic E-state index is 10.9. The van der Waals surface area contributed by atoms with Crippen LogP contribution < -0.4 is 0 Å². The largest absolute Gasteiger partial charge is 0.481 e. The number of allylic oxidation sites excluding steroid dienone is 4. The van der Waals surface area contributed by atoms with Crippen LogP contribution in [0.3, 0.4) is 0 Å². The van der Waals surface area contributed by atoms with Gasteiger partial charge in [-0.1, -0.05) is 63.3 Å². The summed E-state index contributed by atoms with van der Waals surface area (Å²) >= 11 is 0. The second-order valence-corrected chi connectivity index (χ2v) is 6.21. The highest BCUT2D eigenvalue weighted by Gasteiger charge is 2.15. The zero-order valence-corrected chi connectivity index (χ0v) is 14.9. The first kappa shape index (κ1) is 21.9. The molecule has 0 radical (unpaired) electrons. The molecule has 0 amide bonds. The molecule has 0 aliphatic rings. The van der Waals surface area contributed by atoms with Gasteiger partial charge in [-0.05, 0) is 44.9 Å². The van der Waals surface area contributed by atoms with Crippen LogP contribution in [-0.4, -0.2) is 22.8 Å². The zero-order chi connectivity index (χ0) is 17.2. The first-order valence-corrected chi connectivity index (χ1v) is 9.36. The third kappa shape index (κ3) is 15.6. The lowest BCUT2D eigenvalue weighted by atomic mass is 9.98. The minimum absolute atomic E-state index is 0.0329. The molecule has 0 saturated carbocycles. The Morgan fingerprint density at radius 2 is 1.48 bits per heavy atom. The maximum atomic E-state index is 10.9. The van der Waals surface area contributed by atoms with Crippen molar-refractivity contribution in [2.45, 2.75) is 84.0 Å². The first-order valence-electron chi connectivity index (χ1n) is 9.36. The van der Waals surface area contributed by atoms with E-state index in [1.807, 2.05) is 0 Å². The van der Waals surface area contributed by atoms with Crippen LogP contribution in [0.4, 0.5) is 0 Å². The molecule has 0 spiro atoms. The van der Waals surface area contributed by atoms with E-state index in [0.717, 1.165) is 32.1 Å². The summed E-state index contributed by atoms with van der Waals surface area (Å²) in [6, 6.07) is 0. The first-order chi connectivity index (χ1) is 11.2. The van der Waals surface area contributed by atoms with Crippen molar-refractivity contribution in [1.82, 2.24) is 0 Å². The molecule has 0 rings (SSSR count).